The summed E-state index contributed by atoms with van der Waals surface area (Å²) in [4.78, 5) is 11.3. The molecule has 4 heteroatoms. The van der Waals surface area contributed by atoms with Gasteiger partial charge in [0.1, 0.15) is 11.6 Å². The van der Waals surface area contributed by atoms with Crippen LogP contribution in [0.5, 0.6) is 5.75 Å². The Kier molecular flexibility index (Phi) is 3.28. The SMILES string of the molecule is O=CC1=C(Cl)c2cc(F)ccc2OC1c1ccccc1. The van der Waals surface area contributed by atoms with Crippen molar-refractivity contribution in [2.45, 2.75) is 6.10 Å². The first-order valence-corrected chi connectivity index (χ1v) is 6.45. The lowest BCUT2D eigenvalue weighted by Crippen LogP contribution is -2.17. The van der Waals surface area contributed by atoms with Gasteiger partial charge in [-0.05, 0) is 23.8 Å². The van der Waals surface area contributed by atoms with Crippen molar-refractivity contribution in [2.24, 2.45) is 0 Å². The van der Waals surface area contributed by atoms with Crippen LogP contribution in [0.4, 0.5) is 4.39 Å². The quantitative estimate of drug-likeness (QED) is 0.778. The van der Waals surface area contributed by atoms with Gasteiger partial charge in [-0.1, -0.05) is 41.9 Å². The van der Waals surface area contributed by atoms with E-state index in [1.165, 1.54) is 18.2 Å². The van der Waals surface area contributed by atoms with Crippen LogP contribution in [-0.2, 0) is 4.79 Å². The summed E-state index contributed by atoms with van der Waals surface area (Å²) in [5, 5.41) is 0.231. The molecule has 0 saturated heterocycles. The third-order valence-electron chi connectivity index (χ3n) is 3.19. The molecule has 1 atom stereocenters. The molecule has 0 aliphatic carbocycles. The molecule has 2 aromatic rings. The van der Waals surface area contributed by atoms with E-state index in [-0.39, 0.29) is 5.03 Å². The number of ether oxygens (including phenoxy) is 1. The molecule has 0 saturated carbocycles. The highest BCUT2D eigenvalue weighted by atomic mass is 35.5. The number of fused-ring (bicyclic) bond motifs is 1. The van der Waals surface area contributed by atoms with Gasteiger partial charge in [0, 0.05) is 5.56 Å². The Balaban J connectivity index is 2.15. The number of hydrogen-bond acceptors (Lipinski definition) is 2. The van der Waals surface area contributed by atoms with Crippen LogP contribution in [0.25, 0.3) is 5.03 Å². The average Bonchev–Trinajstić information content (AvgIpc) is 2.48. The van der Waals surface area contributed by atoms with Crippen LogP contribution in [0, 0.1) is 5.82 Å². The Morgan fingerprint density at radius 3 is 2.60 bits per heavy atom. The van der Waals surface area contributed by atoms with E-state index in [1.54, 1.807) is 0 Å². The predicted octanol–water partition coefficient (Wildman–Crippen LogP) is 4.11. The number of halogens is 2. The lowest BCUT2D eigenvalue weighted by molar-refractivity contribution is -0.105. The van der Waals surface area contributed by atoms with Gasteiger partial charge in [0.05, 0.1) is 10.6 Å². The van der Waals surface area contributed by atoms with Crippen molar-refractivity contribution >= 4 is 22.9 Å². The summed E-state index contributed by atoms with van der Waals surface area (Å²) in [6.07, 6.45) is 0.0903. The van der Waals surface area contributed by atoms with Gasteiger partial charge in [-0.15, -0.1) is 0 Å². The molecule has 0 N–H and O–H groups in total. The molecule has 1 unspecified atom stereocenters. The summed E-state index contributed by atoms with van der Waals surface area (Å²) in [7, 11) is 0. The van der Waals surface area contributed by atoms with Crippen LogP contribution in [-0.4, -0.2) is 6.29 Å². The van der Waals surface area contributed by atoms with E-state index in [9.17, 15) is 9.18 Å². The normalized spacial score (nSPS) is 17.4. The molecule has 1 heterocycles. The van der Waals surface area contributed by atoms with Gasteiger partial charge in [-0.25, -0.2) is 4.39 Å². The average molecular weight is 289 g/mol. The monoisotopic (exact) mass is 288 g/mol. The van der Waals surface area contributed by atoms with Crippen molar-refractivity contribution in [3.05, 3.63) is 71.0 Å². The molecular formula is C16H10ClFO2. The molecule has 0 amide bonds. The van der Waals surface area contributed by atoms with Gasteiger partial charge in [0.2, 0.25) is 0 Å². The molecule has 2 nitrogen and oxygen atoms in total. The van der Waals surface area contributed by atoms with Crippen molar-refractivity contribution in [2.75, 3.05) is 0 Å². The summed E-state index contributed by atoms with van der Waals surface area (Å²) >= 11 is 6.23. The number of benzene rings is 2. The first kappa shape index (κ1) is 12.9. The van der Waals surface area contributed by atoms with Crippen LogP contribution in [0.1, 0.15) is 17.2 Å². The smallest absolute Gasteiger partial charge is 0.153 e. The van der Waals surface area contributed by atoms with Crippen LogP contribution in [0.3, 0.4) is 0 Å². The van der Waals surface area contributed by atoms with Crippen LogP contribution in [0.2, 0.25) is 0 Å². The second kappa shape index (κ2) is 5.10. The minimum Gasteiger partial charge on any atom is -0.480 e. The topological polar surface area (TPSA) is 26.3 Å². The van der Waals surface area contributed by atoms with E-state index in [0.29, 0.717) is 23.2 Å². The second-order valence-corrected chi connectivity index (χ2v) is 4.81. The van der Waals surface area contributed by atoms with Gasteiger partial charge in [0.15, 0.2) is 12.4 Å². The standard InChI is InChI=1S/C16H10ClFO2/c17-15-12-8-11(18)6-7-14(12)20-16(13(15)9-19)10-4-2-1-3-5-10/h1-9,16H. The zero-order chi connectivity index (χ0) is 14.1. The Morgan fingerprint density at radius 2 is 1.90 bits per heavy atom. The molecule has 1 aliphatic rings. The number of carbonyl (C=O) groups excluding carboxylic acids is 1. The molecule has 3 rings (SSSR count). The molecule has 1 aliphatic heterocycles. The summed E-state index contributed by atoms with van der Waals surface area (Å²) in [6, 6.07) is 13.4. The zero-order valence-corrected chi connectivity index (χ0v) is 11.1. The van der Waals surface area contributed by atoms with Crippen LogP contribution >= 0.6 is 11.6 Å². The van der Waals surface area contributed by atoms with E-state index in [1.807, 2.05) is 30.3 Å². The Bertz CT molecular complexity index is 695. The maximum absolute atomic E-state index is 13.3. The summed E-state index contributed by atoms with van der Waals surface area (Å²) in [5.41, 5.74) is 1.53. The molecule has 0 aromatic heterocycles. The van der Waals surface area contributed by atoms with E-state index in [0.717, 1.165) is 5.56 Å². The van der Waals surface area contributed by atoms with Crippen molar-refractivity contribution in [3.8, 4) is 5.75 Å². The van der Waals surface area contributed by atoms with Crippen molar-refractivity contribution < 1.29 is 13.9 Å². The number of carbonyl (C=O) groups is 1. The summed E-state index contributed by atoms with van der Waals surface area (Å²) in [6.45, 7) is 0. The molecule has 0 fully saturated rings. The van der Waals surface area contributed by atoms with Crippen LogP contribution in [0.15, 0.2) is 54.1 Å². The zero-order valence-electron chi connectivity index (χ0n) is 10.3. The molecule has 20 heavy (non-hydrogen) atoms. The van der Waals surface area contributed by atoms with E-state index in [4.69, 9.17) is 16.3 Å². The molecule has 0 bridgehead atoms. The fourth-order valence-electron chi connectivity index (χ4n) is 2.23. The van der Waals surface area contributed by atoms with E-state index >= 15 is 0 Å². The number of hydrogen-bond donors (Lipinski definition) is 0. The van der Waals surface area contributed by atoms with Crippen molar-refractivity contribution in [3.63, 3.8) is 0 Å². The lowest BCUT2D eigenvalue weighted by atomic mass is 9.97. The minimum atomic E-state index is -0.570. The maximum atomic E-state index is 13.3. The fraction of sp³-hybridized carbons (Fsp3) is 0.0625. The third kappa shape index (κ3) is 2.10. The maximum Gasteiger partial charge on any atom is 0.153 e. The Labute approximate surface area is 120 Å². The Hall–Kier alpha value is -2.13. The van der Waals surface area contributed by atoms with Crippen molar-refractivity contribution in [1.82, 2.24) is 0 Å². The molecule has 0 spiro atoms. The van der Waals surface area contributed by atoms with E-state index < -0.39 is 11.9 Å². The van der Waals surface area contributed by atoms with Crippen LogP contribution < -0.4 is 4.74 Å². The first-order chi connectivity index (χ1) is 9.70. The van der Waals surface area contributed by atoms with Gasteiger partial charge in [-0.2, -0.15) is 0 Å². The summed E-state index contributed by atoms with van der Waals surface area (Å²) in [5.74, 6) is 0.0461. The minimum absolute atomic E-state index is 0.231. The number of rotatable bonds is 2. The van der Waals surface area contributed by atoms with Gasteiger partial charge in [-0.3, -0.25) is 4.79 Å². The lowest BCUT2D eigenvalue weighted by Gasteiger charge is -2.27. The van der Waals surface area contributed by atoms with Crippen molar-refractivity contribution in [1.29, 1.82) is 0 Å². The number of aldehydes is 1. The molecular weight excluding hydrogens is 279 g/mol. The predicted molar refractivity (Wildman–Crippen MR) is 75.0 cm³/mol. The van der Waals surface area contributed by atoms with Gasteiger partial charge >= 0.3 is 0 Å². The first-order valence-electron chi connectivity index (χ1n) is 6.07. The largest absolute Gasteiger partial charge is 0.480 e. The molecule has 0 radical (unpaired) electrons. The highest BCUT2D eigenvalue weighted by Gasteiger charge is 2.29. The fourth-order valence-corrected chi connectivity index (χ4v) is 2.52. The highest BCUT2D eigenvalue weighted by Crippen LogP contribution is 2.43. The second-order valence-electron chi connectivity index (χ2n) is 4.44. The summed E-state index contributed by atoms with van der Waals surface area (Å²) < 4.78 is 19.1. The van der Waals surface area contributed by atoms with Gasteiger partial charge < -0.3 is 4.74 Å². The molecule has 100 valence electrons. The van der Waals surface area contributed by atoms with Gasteiger partial charge in [0.25, 0.3) is 0 Å². The Morgan fingerprint density at radius 1 is 1.15 bits per heavy atom. The highest BCUT2D eigenvalue weighted by molar-refractivity contribution is 6.51. The molecule has 2 aromatic carbocycles. The van der Waals surface area contributed by atoms with E-state index in [2.05, 4.69) is 0 Å². The third-order valence-corrected chi connectivity index (χ3v) is 3.61.